The first kappa shape index (κ1) is 20.4. The molecular formula is C22H24N2O5. The summed E-state index contributed by atoms with van der Waals surface area (Å²) in [5, 5.41) is 2.76. The second-order valence-electron chi connectivity index (χ2n) is 6.85. The first-order valence-corrected chi connectivity index (χ1v) is 9.39. The van der Waals surface area contributed by atoms with Crippen molar-refractivity contribution in [2.45, 2.75) is 18.9 Å². The van der Waals surface area contributed by atoms with Crippen molar-refractivity contribution in [2.24, 2.45) is 5.92 Å². The fourth-order valence-electron chi connectivity index (χ4n) is 3.44. The van der Waals surface area contributed by atoms with E-state index in [0.717, 1.165) is 5.56 Å². The van der Waals surface area contributed by atoms with E-state index in [1.807, 2.05) is 42.5 Å². The predicted molar refractivity (Wildman–Crippen MR) is 108 cm³/mol. The number of carbonyl (C=O) groups is 3. The van der Waals surface area contributed by atoms with E-state index in [9.17, 15) is 14.4 Å². The van der Waals surface area contributed by atoms with Gasteiger partial charge in [0.25, 0.3) is 0 Å². The van der Waals surface area contributed by atoms with Gasteiger partial charge in [-0.25, -0.2) is 4.79 Å². The van der Waals surface area contributed by atoms with Crippen molar-refractivity contribution in [2.75, 3.05) is 25.7 Å². The number of nitrogens with one attached hydrogen (secondary N) is 1. The van der Waals surface area contributed by atoms with Crippen LogP contribution in [0, 0.1) is 5.92 Å². The van der Waals surface area contributed by atoms with Crippen molar-refractivity contribution < 1.29 is 23.9 Å². The molecule has 0 aliphatic carbocycles. The first-order valence-electron chi connectivity index (χ1n) is 9.39. The maximum atomic E-state index is 12.8. The van der Waals surface area contributed by atoms with Crippen molar-refractivity contribution in [3.05, 3.63) is 60.2 Å². The Balaban J connectivity index is 1.70. The van der Waals surface area contributed by atoms with Crippen molar-refractivity contribution >= 4 is 23.5 Å². The minimum Gasteiger partial charge on any atom is -0.495 e. The number of rotatable bonds is 7. The zero-order chi connectivity index (χ0) is 20.8. The molecule has 2 atom stereocenters. The van der Waals surface area contributed by atoms with E-state index in [2.05, 4.69) is 5.32 Å². The molecule has 2 amide bonds. The Morgan fingerprint density at radius 3 is 2.48 bits per heavy atom. The van der Waals surface area contributed by atoms with E-state index in [-0.39, 0.29) is 24.8 Å². The van der Waals surface area contributed by atoms with Crippen LogP contribution in [0.4, 0.5) is 5.69 Å². The second kappa shape index (κ2) is 9.23. The van der Waals surface area contributed by atoms with Gasteiger partial charge in [-0.3, -0.25) is 9.59 Å². The number of benzene rings is 2. The molecule has 1 aliphatic heterocycles. The third-order valence-electron chi connectivity index (χ3n) is 4.96. The van der Waals surface area contributed by atoms with E-state index in [0.29, 0.717) is 17.9 Å². The summed E-state index contributed by atoms with van der Waals surface area (Å²) in [5.41, 5.74) is 1.53. The van der Waals surface area contributed by atoms with E-state index < -0.39 is 17.9 Å². The summed E-state index contributed by atoms with van der Waals surface area (Å²) in [6.45, 7) is 0.226. The summed E-state index contributed by atoms with van der Waals surface area (Å²) in [4.78, 5) is 39.1. The molecule has 0 aromatic heterocycles. The van der Waals surface area contributed by atoms with Crippen molar-refractivity contribution in [1.29, 1.82) is 0 Å². The van der Waals surface area contributed by atoms with E-state index in [1.54, 1.807) is 17.0 Å². The molecule has 29 heavy (non-hydrogen) atoms. The highest BCUT2D eigenvalue weighted by molar-refractivity contribution is 6.01. The molecule has 2 aromatic rings. The monoisotopic (exact) mass is 396 g/mol. The van der Waals surface area contributed by atoms with Gasteiger partial charge >= 0.3 is 5.97 Å². The Kier molecular flexibility index (Phi) is 6.49. The number of nitrogens with zero attached hydrogens (tertiary/aromatic N) is 1. The van der Waals surface area contributed by atoms with Crippen LogP contribution in [0.1, 0.15) is 12.0 Å². The van der Waals surface area contributed by atoms with Crippen LogP contribution in [0.15, 0.2) is 54.6 Å². The third-order valence-corrected chi connectivity index (χ3v) is 4.96. The van der Waals surface area contributed by atoms with E-state index in [4.69, 9.17) is 9.47 Å². The van der Waals surface area contributed by atoms with Gasteiger partial charge in [-0.15, -0.1) is 0 Å². The Morgan fingerprint density at radius 1 is 1.10 bits per heavy atom. The van der Waals surface area contributed by atoms with Gasteiger partial charge < -0.3 is 19.7 Å². The van der Waals surface area contributed by atoms with Crippen LogP contribution >= 0.6 is 0 Å². The van der Waals surface area contributed by atoms with Gasteiger partial charge in [0.05, 0.1) is 25.8 Å². The largest absolute Gasteiger partial charge is 0.495 e. The van der Waals surface area contributed by atoms with Gasteiger partial charge in [0.1, 0.15) is 11.8 Å². The fourth-order valence-corrected chi connectivity index (χ4v) is 3.44. The zero-order valence-electron chi connectivity index (χ0n) is 16.5. The standard InChI is InChI=1S/C22H24N2O5/c1-28-19-11-7-6-10-18(19)24-14-16(13-20(24)25)21(26)23-17(22(27)29-2)12-15-8-4-3-5-9-15/h3-11,16-17H,12-14H2,1-2H3,(H,23,26)/t16-,17-/m0/s1. The normalized spacial score (nSPS) is 17.0. The Morgan fingerprint density at radius 2 is 1.79 bits per heavy atom. The Labute approximate surface area is 169 Å². The van der Waals surface area contributed by atoms with Crippen LogP contribution in [0.5, 0.6) is 5.75 Å². The molecule has 2 aromatic carbocycles. The van der Waals surface area contributed by atoms with Crippen molar-refractivity contribution in [3.8, 4) is 5.75 Å². The van der Waals surface area contributed by atoms with Crippen molar-refractivity contribution in [3.63, 3.8) is 0 Å². The molecule has 1 aliphatic rings. The number of methoxy groups -OCH3 is 2. The summed E-state index contributed by atoms with van der Waals surface area (Å²) in [7, 11) is 2.82. The molecule has 1 saturated heterocycles. The second-order valence-corrected chi connectivity index (χ2v) is 6.85. The molecule has 0 radical (unpaired) electrons. The molecule has 7 heteroatoms. The zero-order valence-corrected chi connectivity index (χ0v) is 16.5. The van der Waals surface area contributed by atoms with Crippen LogP contribution in [0.2, 0.25) is 0 Å². The molecule has 3 rings (SSSR count). The molecule has 0 bridgehead atoms. The number of hydrogen-bond acceptors (Lipinski definition) is 5. The molecule has 1 N–H and O–H groups in total. The average molecular weight is 396 g/mol. The minimum absolute atomic E-state index is 0.0725. The molecule has 1 heterocycles. The molecular weight excluding hydrogens is 372 g/mol. The van der Waals surface area contributed by atoms with Crippen LogP contribution in [0.25, 0.3) is 0 Å². The number of carbonyl (C=O) groups excluding carboxylic acids is 3. The Hall–Kier alpha value is -3.35. The van der Waals surface area contributed by atoms with Gasteiger partial charge in [-0.2, -0.15) is 0 Å². The van der Waals surface area contributed by atoms with Gasteiger partial charge in [-0.1, -0.05) is 42.5 Å². The topological polar surface area (TPSA) is 84.9 Å². The van der Waals surface area contributed by atoms with E-state index in [1.165, 1.54) is 14.2 Å². The summed E-state index contributed by atoms with van der Waals surface area (Å²) in [6, 6.07) is 15.7. The van der Waals surface area contributed by atoms with Crippen LogP contribution in [-0.4, -0.2) is 44.6 Å². The van der Waals surface area contributed by atoms with Gasteiger partial charge in [0.2, 0.25) is 11.8 Å². The highest BCUT2D eigenvalue weighted by Gasteiger charge is 2.37. The molecule has 0 unspecified atom stereocenters. The summed E-state index contributed by atoms with van der Waals surface area (Å²) >= 11 is 0. The smallest absolute Gasteiger partial charge is 0.328 e. The number of ether oxygens (including phenoxy) is 2. The lowest BCUT2D eigenvalue weighted by atomic mass is 10.0. The van der Waals surface area contributed by atoms with E-state index >= 15 is 0 Å². The molecule has 7 nitrogen and oxygen atoms in total. The van der Waals surface area contributed by atoms with Crippen LogP contribution in [0.3, 0.4) is 0 Å². The molecule has 152 valence electrons. The first-order chi connectivity index (χ1) is 14.0. The molecule has 1 fully saturated rings. The van der Waals surface area contributed by atoms with Crippen molar-refractivity contribution in [1.82, 2.24) is 5.32 Å². The SMILES string of the molecule is COC(=O)[C@H](Cc1ccccc1)NC(=O)[C@H]1CC(=O)N(c2ccccc2OC)C1. The molecule has 0 saturated carbocycles. The highest BCUT2D eigenvalue weighted by Crippen LogP contribution is 2.32. The van der Waals surface area contributed by atoms with Crippen LogP contribution in [-0.2, 0) is 25.5 Å². The lowest BCUT2D eigenvalue weighted by Gasteiger charge is -2.21. The van der Waals surface area contributed by atoms with Gasteiger partial charge in [0, 0.05) is 19.4 Å². The van der Waals surface area contributed by atoms with Gasteiger partial charge in [-0.05, 0) is 17.7 Å². The molecule has 0 spiro atoms. The number of esters is 1. The highest BCUT2D eigenvalue weighted by atomic mass is 16.5. The lowest BCUT2D eigenvalue weighted by molar-refractivity contribution is -0.145. The maximum Gasteiger partial charge on any atom is 0.328 e. The maximum absolute atomic E-state index is 12.8. The quantitative estimate of drug-likeness (QED) is 0.723. The minimum atomic E-state index is -0.815. The third kappa shape index (κ3) is 4.74. The lowest BCUT2D eigenvalue weighted by Crippen LogP contribution is -2.46. The Bertz CT molecular complexity index is 884. The van der Waals surface area contributed by atoms with Crippen LogP contribution < -0.4 is 15.0 Å². The average Bonchev–Trinajstić information content (AvgIpc) is 3.15. The summed E-state index contributed by atoms with van der Waals surface area (Å²) in [6.07, 6.45) is 0.388. The number of para-hydroxylation sites is 2. The summed E-state index contributed by atoms with van der Waals surface area (Å²) < 4.78 is 10.2. The van der Waals surface area contributed by atoms with Gasteiger partial charge in [0.15, 0.2) is 0 Å². The predicted octanol–water partition coefficient (Wildman–Crippen LogP) is 1.95. The number of hydrogen-bond donors (Lipinski definition) is 1. The fraction of sp³-hybridized carbons (Fsp3) is 0.318. The number of amides is 2. The number of anilines is 1. The summed E-state index contributed by atoms with van der Waals surface area (Å²) in [5.74, 6) is -1.02.